The molecule has 2 rings (SSSR count). The molecular weight excluding hydrogens is 354 g/mol. The number of methoxy groups -OCH3 is 2. The first kappa shape index (κ1) is 20.2. The van der Waals surface area contributed by atoms with Gasteiger partial charge < -0.3 is 25.6 Å². The molecule has 7 nitrogen and oxygen atoms in total. The fourth-order valence-corrected chi connectivity index (χ4v) is 2.65. The summed E-state index contributed by atoms with van der Waals surface area (Å²) in [6, 6.07) is 5.11. The van der Waals surface area contributed by atoms with Crippen LogP contribution in [-0.4, -0.2) is 36.8 Å². The smallest absolute Gasteiger partial charge is 0.270 e. The Kier molecular flexibility index (Phi) is 7.93. The third-order valence-corrected chi connectivity index (χ3v) is 4.08. The van der Waals surface area contributed by atoms with Gasteiger partial charge in [0.1, 0.15) is 28.3 Å². The van der Waals surface area contributed by atoms with Gasteiger partial charge in [0.2, 0.25) is 0 Å². The number of ether oxygens (including phenoxy) is 2. The molecule has 0 fully saturated rings. The van der Waals surface area contributed by atoms with Gasteiger partial charge in [-0.2, -0.15) is 0 Å². The Balaban J connectivity index is 0.00000288. The molecule has 132 valence electrons. The monoisotopic (exact) mass is 373 g/mol. The Bertz CT molecular complexity index is 680. The van der Waals surface area contributed by atoms with Crippen LogP contribution in [0.5, 0.6) is 11.5 Å². The number of aliphatic hydroxyl groups is 1. The molecular formula is C15H20ClN3O4S. The zero-order valence-corrected chi connectivity index (χ0v) is 14.9. The number of carbonyl (C=O) groups is 1. The molecule has 1 heterocycles. The summed E-state index contributed by atoms with van der Waals surface area (Å²) in [7, 11) is 3.05. The number of carbonyl (C=O) groups excluding carboxylic acids is 1. The molecule has 0 aliphatic heterocycles. The zero-order valence-electron chi connectivity index (χ0n) is 13.3. The van der Waals surface area contributed by atoms with Crippen LogP contribution in [0.2, 0.25) is 0 Å². The molecule has 2 aromatic rings. The van der Waals surface area contributed by atoms with Gasteiger partial charge in [0.05, 0.1) is 14.2 Å². The number of nitrogens with zero attached hydrogens (tertiary/aromatic N) is 1. The van der Waals surface area contributed by atoms with Crippen LogP contribution in [0.3, 0.4) is 0 Å². The Hall–Kier alpha value is -1.87. The van der Waals surface area contributed by atoms with Gasteiger partial charge in [0, 0.05) is 24.0 Å². The van der Waals surface area contributed by atoms with Crippen LogP contribution in [0.1, 0.15) is 27.2 Å². The van der Waals surface area contributed by atoms with E-state index in [0.717, 1.165) is 0 Å². The second-order valence-electron chi connectivity index (χ2n) is 4.66. The lowest BCUT2D eigenvalue weighted by Gasteiger charge is -2.16. The van der Waals surface area contributed by atoms with Crippen molar-refractivity contribution in [3.05, 3.63) is 39.8 Å². The van der Waals surface area contributed by atoms with Crippen molar-refractivity contribution in [1.29, 1.82) is 0 Å². The second kappa shape index (κ2) is 9.43. The molecule has 9 heteroatoms. The van der Waals surface area contributed by atoms with Crippen LogP contribution < -0.4 is 20.5 Å². The maximum atomic E-state index is 12.0. The molecule has 1 amide bonds. The summed E-state index contributed by atoms with van der Waals surface area (Å²) in [4.78, 5) is 16.1. The van der Waals surface area contributed by atoms with E-state index in [-0.39, 0.29) is 24.9 Å². The summed E-state index contributed by atoms with van der Waals surface area (Å²) in [5.74, 6) is 0.756. The molecule has 4 N–H and O–H groups in total. The Labute approximate surface area is 150 Å². The molecule has 1 aromatic heterocycles. The van der Waals surface area contributed by atoms with Crippen LogP contribution in [0.15, 0.2) is 23.6 Å². The van der Waals surface area contributed by atoms with Gasteiger partial charge in [-0.05, 0) is 18.2 Å². The van der Waals surface area contributed by atoms with Gasteiger partial charge in [-0.1, -0.05) is 0 Å². The number of nitrogens with two attached hydrogens (primary N) is 1. The number of rotatable bonds is 7. The van der Waals surface area contributed by atoms with E-state index in [1.165, 1.54) is 25.6 Å². The van der Waals surface area contributed by atoms with Crippen molar-refractivity contribution in [2.75, 3.05) is 20.8 Å². The van der Waals surface area contributed by atoms with E-state index >= 15 is 0 Å². The van der Waals surface area contributed by atoms with Gasteiger partial charge in [0.25, 0.3) is 5.91 Å². The second-order valence-corrected chi connectivity index (χ2v) is 5.61. The fraction of sp³-hybridized carbons (Fsp3) is 0.333. The molecule has 0 saturated carbocycles. The van der Waals surface area contributed by atoms with Gasteiger partial charge in [0.15, 0.2) is 0 Å². The number of benzene rings is 1. The van der Waals surface area contributed by atoms with Crippen LogP contribution in [0, 0.1) is 0 Å². The first-order valence-corrected chi connectivity index (χ1v) is 7.79. The maximum Gasteiger partial charge on any atom is 0.270 e. The molecule has 1 unspecified atom stereocenters. The summed E-state index contributed by atoms with van der Waals surface area (Å²) in [5, 5.41) is 15.3. The first-order valence-electron chi connectivity index (χ1n) is 6.91. The molecule has 0 saturated heterocycles. The first-order chi connectivity index (χ1) is 11.1. The van der Waals surface area contributed by atoms with E-state index in [9.17, 15) is 9.90 Å². The Morgan fingerprint density at radius 1 is 1.42 bits per heavy atom. The fourth-order valence-electron chi connectivity index (χ4n) is 2.00. The number of halogens is 1. The number of aliphatic hydroxyl groups excluding tert-OH is 1. The van der Waals surface area contributed by atoms with Crippen LogP contribution in [0.4, 0.5) is 0 Å². The molecule has 1 aromatic carbocycles. The van der Waals surface area contributed by atoms with Crippen molar-refractivity contribution in [2.45, 2.75) is 12.6 Å². The summed E-state index contributed by atoms with van der Waals surface area (Å²) in [5.41, 5.74) is 6.30. The van der Waals surface area contributed by atoms with E-state index < -0.39 is 6.10 Å². The molecule has 24 heavy (non-hydrogen) atoms. The third kappa shape index (κ3) is 4.81. The van der Waals surface area contributed by atoms with Crippen molar-refractivity contribution >= 4 is 29.7 Å². The SMILES string of the molecule is COc1ccc(OC)c(C(O)CNC(=O)c2csc(CN)n2)c1.Cl. The highest BCUT2D eigenvalue weighted by Crippen LogP contribution is 2.29. The molecule has 1 atom stereocenters. The number of hydrogen-bond acceptors (Lipinski definition) is 7. The van der Waals surface area contributed by atoms with Crippen LogP contribution in [0.25, 0.3) is 0 Å². The highest BCUT2D eigenvalue weighted by atomic mass is 35.5. The largest absolute Gasteiger partial charge is 0.497 e. The predicted octanol–water partition coefficient (Wildman–Crippen LogP) is 1.50. The minimum Gasteiger partial charge on any atom is -0.497 e. The molecule has 0 spiro atoms. The van der Waals surface area contributed by atoms with Crippen molar-refractivity contribution in [1.82, 2.24) is 10.3 Å². The summed E-state index contributed by atoms with van der Waals surface area (Å²) < 4.78 is 10.4. The summed E-state index contributed by atoms with van der Waals surface area (Å²) in [6.45, 7) is 0.319. The Morgan fingerprint density at radius 3 is 2.75 bits per heavy atom. The minimum absolute atomic E-state index is 0. The number of amides is 1. The summed E-state index contributed by atoms with van der Waals surface area (Å²) in [6.07, 6.45) is -0.934. The normalized spacial score (nSPS) is 11.3. The highest BCUT2D eigenvalue weighted by molar-refractivity contribution is 7.09. The lowest BCUT2D eigenvalue weighted by atomic mass is 10.1. The van der Waals surface area contributed by atoms with Crippen molar-refractivity contribution < 1.29 is 19.4 Å². The van der Waals surface area contributed by atoms with Crippen molar-refractivity contribution in [3.63, 3.8) is 0 Å². The topological polar surface area (TPSA) is 107 Å². The van der Waals surface area contributed by atoms with Gasteiger partial charge >= 0.3 is 0 Å². The number of thiazole rings is 1. The summed E-state index contributed by atoms with van der Waals surface area (Å²) >= 11 is 1.32. The lowest BCUT2D eigenvalue weighted by Crippen LogP contribution is -2.28. The minimum atomic E-state index is -0.934. The van der Waals surface area contributed by atoms with E-state index in [1.54, 1.807) is 23.6 Å². The van der Waals surface area contributed by atoms with Crippen LogP contribution in [-0.2, 0) is 6.54 Å². The lowest BCUT2D eigenvalue weighted by molar-refractivity contribution is 0.0910. The maximum absolute atomic E-state index is 12.0. The number of hydrogen-bond donors (Lipinski definition) is 3. The quantitative estimate of drug-likeness (QED) is 0.679. The van der Waals surface area contributed by atoms with Crippen LogP contribution >= 0.6 is 23.7 Å². The molecule has 0 aliphatic carbocycles. The van der Waals surface area contributed by atoms with Crippen molar-refractivity contribution in [2.24, 2.45) is 5.73 Å². The van der Waals surface area contributed by atoms with E-state index in [1.807, 2.05) is 0 Å². The molecule has 0 bridgehead atoms. The average molecular weight is 374 g/mol. The zero-order chi connectivity index (χ0) is 16.8. The van der Waals surface area contributed by atoms with Crippen molar-refractivity contribution in [3.8, 4) is 11.5 Å². The van der Waals surface area contributed by atoms with Gasteiger partial charge in [-0.15, -0.1) is 23.7 Å². The van der Waals surface area contributed by atoms with Gasteiger partial charge in [-0.25, -0.2) is 4.98 Å². The van der Waals surface area contributed by atoms with Gasteiger partial charge in [-0.3, -0.25) is 4.79 Å². The van der Waals surface area contributed by atoms with E-state index in [2.05, 4.69) is 10.3 Å². The number of aromatic nitrogens is 1. The Morgan fingerprint density at radius 2 is 2.17 bits per heavy atom. The predicted molar refractivity (Wildman–Crippen MR) is 94.1 cm³/mol. The number of nitrogens with one attached hydrogen (secondary N) is 1. The molecule has 0 aliphatic rings. The third-order valence-electron chi connectivity index (χ3n) is 3.21. The van der Waals surface area contributed by atoms with E-state index in [0.29, 0.717) is 34.3 Å². The highest BCUT2D eigenvalue weighted by Gasteiger charge is 2.17. The molecule has 0 radical (unpaired) electrons. The standard InChI is InChI=1S/C15H19N3O4S.ClH/c1-21-9-3-4-13(22-2)10(5-9)12(19)7-17-15(20)11-8-23-14(6-16)18-11;/h3-5,8,12,19H,6-7,16H2,1-2H3,(H,17,20);1H. The van der Waals surface area contributed by atoms with E-state index in [4.69, 9.17) is 15.2 Å². The average Bonchev–Trinajstić information content (AvgIpc) is 3.08.